The SMILES string of the molecule is Nc1cn(-c2ccccc2F)nc1NC(=O)c1ccc(CN(Cc2cccnc2)C(=O)O)cc1. The summed E-state index contributed by atoms with van der Waals surface area (Å²) in [6, 6.07) is 16.1. The molecule has 4 N–H and O–H groups in total. The van der Waals surface area contributed by atoms with Crippen molar-refractivity contribution in [2.45, 2.75) is 13.1 Å². The van der Waals surface area contributed by atoms with Gasteiger partial charge in [0.15, 0.2) is 5.82 Å². The summed E-state index contributed by atoms with van der Waals surface area (Å²) >= 11 is 0. The maximum absolute atomic E-state index is 14.0. The van der Waals surface area contributed by atoms with Crippen LogP contribution in [0.2, 0.25) is 0 Å². The van der Waals surface area contributed by atoms with Crippen molar-refractivity contribution in [1.29, 1.82) is 0 Å². The van der Waals surface area contributed by atoms with E-state index < -0.39 is 17.8 Å². The first-order chi connectivity index (χ1) is 16.4. The second-order valence-electron chi connectivity index (χ2n) is 7.48. The summed E-state index contributed by atoms with van der Waals surface area (Å²) in [5, 5.41) is 16.3. The Kier molecular flexibility index (Phi) is 6.49. The van der Waals surface area contributed by atoms with Gasteiger partial charge < -0.3 is 16.2 Å². The highest BCUT2D eigenvalue weighted by atomic mass is 19.1. The molecule has 0 atom stereocenters. The Labute approximate surface area is 194 Å². The number of aromatic nitrogens is 3. The third-order valence-corrected chi connectivity index (χ3v) is 5.03. The van der Waals surface area contributed by atoms with Crippen LogP contribution in [0.15, 0.2) is 79.3 Å². The molecule has 0 bridgehead atoms. The van der Waals surface area contributed by atoms with Gasteiger partial charge in [0.25, 0.3) is 5.91 Å². The lowest BCUT2D eigenvalue weighted by Gasteiger charge is -2.19. The van der Waals surface area contributed by atoms with Crippen LogP contribution >= 0.6 is 0 Å². The van der Waals surface area contributed by atoms with Crippen LogP contribution < -0.4 is 11.1 Å². The predicted molar refractivity (Wildman–Crippen MR) is 124 cm³/mol. The lowest BCUT2D eigenvalue weighted by Crippen LogP contribution is -2.28. The van der Waals surface area contributed by atoms with Gasteiger partial charge in [-0.1, -0.05) is 30.3 Å². The van der Waals surface area contributed by atoms with Crippen LogP contribution in [0.5, 0.6) is 0 Å². The van der Waals surface area contributed by atoms with Gasteiger partial charge in [-0.15, -0.1) is 5.10 Å². The summed E-state index contributed by atoms with van der Waals surface area (Å²) < 4.78 is 15.3. The average molecular weight is 460 g/mol. The molecule has 172 valence electrons. The van der Waals surface area contributed by atoms with E-state index in [-0.39, 0.29) is 30.3 Å². The molecule has 0 fully saturated rings. The molecule has 10 heteroatoms. The maximum Gasteiger partial charge on any atom is 0.407 e. The lowest BCUT2D eigenvalue weighted by molar-refractivity contribution is 0.102. The average Bonchev–Trinajstić information content (AvgIpc) is 3.19. The van der Waals surface area contributed by atoms with E-state index in [0.717, 1.165) is 5.56 Å². The van der Waals surface area contributed by atoms with Crippen molar-refractivity contribution in [1.82, 2.24) is 19.7 Å². The zero-order valence-corrected chi connectivity index (χ0v) is 17.9. The number of pyridine rings is 1. The number of rotatable bonds is 7. The molecule has 0 spiro atoms. The van der Waals surface area contributed by atoms with Crippen molar-refractivity contribution in [3.05, 3.63) is 102 Å². The first-order valence-corrected chi connectivity index (χ1v) is 10.3. The summed E-state index contributed by atoms with van der Waals surface area (Å²) in [6.07, 6.45) is 3.59. The number of hydrogen-bond donors (Lipinski definition) is 3. The molecular formula is C24H21FN6O3. The molecule has 2 aromatic carbocycles. The number of nitrogen functional groups attached to an aromatic ring is 1. The molecule has 0 radical (unpaired) electrons. The molecule has 4 aromatic rings. The third-order valence-electron chi connectivity index (χ3n) is 5.03. The Balaban J connectivity index is 1.43. The summed E-state index contributed by atoms with van der Waals surface area (Å²) in [6.45, 7) is 0.335. The summed E-state index contributed by atoms with van der Waals surface area (Å²) in [4.78, 5) is 29.6. The number of carbonyl (C=O) groups excluding carboxylic acids is 1. The second-order valence-corrected chi connectivity index (χ2v) is 7.48. The molecule has 9 nitrogen and oxygen atoms in total. The highest BCUT2D eigenvalue weighted by molar-refractivity contribution is 6.05. The summed E-state index contributed by atoms with van der Waals surface area (Å²) in [7, 11) is 0. The first-order valence-electron chi connectivity index (χ1n) is 10.3. The first kappa shape index (κ1) is 22.5. The quantitative estimate of drug-likeness (QED) is 0.384. The molecule has 2 heterocycles. The van der Waals surface area contributed by atoms with E-state index in [0.29, 0.717) is 11.1 Å². The number of hydrogen-bond acceptors (Lipinski definition) is 5. The van der Waals surface area contributed by atoms with Gasteiger partial charge in [0, 0.05) is 24.5 Å². The van der Waals surface area contributed by atoms with E-state index in [1.807, 2.05) is 0 Å². The van der Waals surface area contributed by atoms with Crippen LogP contribution in [0.3, 0.4) is 0 Å². The Hall–Kier alpha value is -4.73. The Morgan fingerprint density at radius 1 is 1.03 bits per heavy atom. The van der Waals surface area contributed by atoms with Crippen LogP contribution in [0.4, 0.5) is 20.7 Å². The Morgan fingerprint density at radius 3 is 2.44 bits per heavy atom. The number of nitrogens with zero attached hydrogens (tertiary/aromatic N) is 4. The molecular weight excluding hydrogens is 439 g/mol. The van der Waals surface area contributed by atoms with Crippen LogP contribution in [-0.4, -0.2) is 36.8 Å². The van der Waals surface area contributed by atoms with Crippen LogP contribution in [0.1, 0.15) is 21.5 Å². The normalized spacial score (nSPS) is 10.6. The highest BCUT2D eigenvalue weighted by Crippen LogP contribution is 2.21. The van der Waals surface area contributed by atoms with Crippen LogP contribution in [0, 0.1) is 5.82 Å². The molecule has 0 aliphatic heterocycles. The smallest absolute Gasteiger partial charge is 0.407 e. The minimum absolute atomic E-state index is 0.103. The van der Waals surface area contributed by atoms with E-state index in [2.05, 4.69) is 15.4 Å². The Morgan fingerprint density at radius 2 is 1.76 bits per heavy atom. The van der Waals surface area contributed by atoms with Gasteiger partial charge in [-0.3, -0.25) is 14.7 Å². The molecule has 0 saturated heterocycles. The second kappa shape index (κ2) is 9.82. The zero-order valence-electron chi connectivity index (χ0n) is 17.9. The van der Waals surface area contributed by atoms with Gasteiger partial charge in [-0.05, 0) is 41.5 Å². The number of nitrogens with one attached hydrogen (secondary N) is 1. The highest BCUT2D eigenvalue weighted by Gasteiger charge is 2.16. The van der Waals surface area contributed by atoms with E-state index in [1.54, 1.807) is 67.0 Å². The van der Waals surface area contributed by atoms with Gasteiger partial charge in [0.1, 0.15) is 11.5 Å². The van der Waals surface area contributed by atoms with Gasteiger partial charge in [0.05, 0.1) is 18.4 Å². The van der Waals surface area contributed by atoms with Crippen LogP contribution in [0.25, 0.3) is 5.69 Å². The monoisotopic (exact) mass is 460 g/mol. The van der Waals surface area contributed by atoms with Crippen molar-refractivity contribution in [2.75, 3.05) is 11.1 Å². The topological polar surface area (TPSA) is 126 Å². The Bertz CT molecular complexity index is 1310. The number of halogens is 1. The fourth-order valence-electron chi connectivity index (χ4n) is 3.31. The number of nitrogens with two attached hydrogens (primary N) is 1. The van der Waals surface area contributed by atoms with Crippen molar-refractivity contribution in [2.24, 2.45) is 0 Å². The van der Waals surface area contributed by atoms with Crippen LogP contribution in [-0.2, 0) is 13.1 Å². The lowest BCUT2D eigenvalue weighted by atomic mass is 10.1. The molecule has 0 aliphatic rings. The standard InChI is InChI=1S/C24H21FN6O3/c25-19-5-1-2-6-21(19)31-15-20(26)22(29-31)28-23(32)18-9-7-16(8-10-18)13-30(24(33)34)14-17-4-3-11-27-12-17/h1-12,15H,13-14,26H2,(H,33,34)(H,28,29,32). The van der Waals surface area contributed by atoms with E-state index >= 15 is 0 Å². The van der Waals surface area contributed by atoms with Crippen molar-refractivity contribution in [3.63, 3.8) is 0 Å². The minimum atomic E-state index is -1.06. The number of carbonyl (C=O) groups is 2. The fourth-order valence-corrected chi connectivity index (χ4v) is 3.31. The molecule has 0 unspecified atom stereocenters. The summed E-state index contributed by atoms with van der Waals surface area (Å²) in [5.41, 5.74) is 8.14. The number of para-hydroxylation sites is 1. The van der Waals surface area contributed by atoms with Gasteiger partial charge >= 0.3 is 6.09 Å². The van der Waals surface area contributed by atoms with Gasteiger partial charge in [-0.25, -0.2) is 13.9 Å². The predicted octanol–water partition coefficient (Wildman–Crippen LogP) is 3.92. The third kappa shape index (κ3) is 5.18. The number of carboxylic acid groups (broad SMARTS) is 1. The zero-order chi connectivity index (χ0) is 24.1. The number of anilines is 2. The molecule has 4 rings (SSSR count). The van der Waals surface area contributed by atoms with Crippen molar-refractivity contribution >= 4 is 23.5 Å². The number of amides is 2. The van der Waals surface area contributed by atoms with Gasteiger partial charge in [0.2, 0.25) is 0 Å². The number of benzene rings is 2. The largest absolute Gasteiger partial charge is 0.465 e. The van der Waals surface area contributed by atoms with Gasteiger partial charge in [-0.2, -0.15) is 0 Å². The van der Waals surface area contributed by atoms with Crippen molar-refractivity contribution in [3.8, 4) is 5.69 Å². The molecule has 0 aliphatic carbocycles. The van der Waals surface area contributed by atoms with Crippen molar-refractivity contribution < 1.29 is 19.1 Å². The minimum Gasteiger partial charge on any atom is -0.465 e. The molecule has 0 saturated carbocycles. The molecule has 2 amide bonds. The van der Waals surface area contributed by atoms with E-state index in [4.69, 9.17) is 5.73 Å². The van der Waals surface area contributed by atoms with E-state index in [1.165, 1.54) is 21.8 Å². The fraction of sp³-hybridized carbons (Fsp3) is 0.0833. The summed E-state index contributed by atoms with van der Waals surface area (Å²) in [5.74, 6) is -0.828. The molecule has 34 heavy (non-hydrogen) atoms. The maximum atomic E-state index is 14.0. The van der Waals surface area contributed by atoms with E-state index in [9.17, 15) is 19.1 Å². The molecule has 2 aromatic heterocycles.